The van der Waals surface area contributed by atoms with Crippen molar-refractivity contribution in [1.29, 1.82) is 0 Å². The molecule has 1 aromatic heterocycles. The van der Waals surface area contributed by atoms with E-state index in [1.165, 1.54) is 51.6 Å². The molecule has 0 saturated carbocycles. The Balaban J connectivity index is 2.00. The Hall–Kier alpha value is -4.07. The summed E-state index contributed by atoms with van der Waals surface area (Å²) in [6, 6.07) is 7.76. The van der Waals surface area contributed by atoms with E-state index in [0.717, 1.165) is 23.0 Å². The molecule has 14 heteroatoms. The molecule has 0 saturated heterocycles. The number of halogens is 2. The smallest absolute Gasteiger partial charge is 0.267 e. The van der Waals surface area contributed by atoms with Gasteiger partial charge in [-0.1, -0.05) is 11.6 Å². The first-order valence-corrected chi connectivity index (χ1v) is 14.2. The van der Waals surface area contributed by atoms with Crippen LogP contribution in [0.5, 0.6) is 5.75 Å². The Morgan fingerprint density at radius 1 is 1.05 bits per heavy atom. The zero-order chi connectivity index (χ0) is 30.5. The van der Waals surface area contributed by atoms with Crippen molar-refractivity contribution in [3.05, 3.63) is 81.0 Å². The first-order chi connectivity index (χ1) is 19.2. The van der Waals surface area contributed by atoms with Gasteiger partial charge in [0.2, 0.25) is 15.9 Å². The molecule has 0 aliphatic heterocycles. The van der Waals surface area contributed by atoms with E-state index in [1.54, 1.807) is 10.8 Å². The molecule has 2 aromatic carbocycles. The Morgan fingerprint density at radius 3 is 2.32 bits per heavy atom. The molecule has 218 valence electrons. The molecule has 1 heterocycles. The average Bonchev–Trinajstić information content (AvgIpc) is 2.88. The molecule has 1 atom stereocenters. The van der Waals surface area contributed by atoms with E-state index in [9.17, 15) is 32.0 Å². The van der Waals surface area contributed by atoms with Gasteiger partial charge in [-0.2, -0.15) is 0 Å². The van der Waals surface area contributed by atoms with Crippen molar-refractivity contribution < 1.29 is 36.7 Å². The molecule has 0 spiro atoms. The number of ether oxygens (including phenoxy) is 2. The number of anilines is 1. The number of amides is 2. The highest BCUT2D eigenvalue weighted by atomic mass is 35.5. The van der Waals surface area contributed by atoms with E-state index >= 15 is 0 Å². The van der Waals surface area contributed by atoms with Crippen LogP contribution in [-0.4, -0.2) is 57.7 Å². The number of methoxy groups -OCH3 is 2. The SMILES string of the molecule is COCC[C@@H](C(=O)Nc1ccc(C(=O)NS(C)(=O)=O)c(F)c1)n1cc(OC)c(-c2cc(Cl)ccc2C(C)=O)cc1=O. The monoisotopic (exact) mass is 607 g/mol. The van der Waals surface area contributed by atoms with Gasteiger partial charge in [0, 0.05) is 48.0 Å². The quantitative estimate of drug-likeness (QED) is 0.315. The summed E-state index contributed by atoms with van der Waals surface area (Å²) in [5.74, 6) is -3.04. The lowest BCUT2D eigenvalue weighted by molar-refractivity contribution is -0.119. The van der Waals surface area contributed by atoms with Gasteiger partial charge < -0.3 is 14.8 Å². The van der Waals surface area contributed by atoms with Crippen LogP contribution in [0, 0.1) is 5.82 Å². The van der Waals surface area contributed by atoms with Crippen molar-refractivity contribution >= 4 is 44.9 Å². The summed E-state index contributed by atoms with van der Waals surface area (Å²) in [6.45, 7) is 1.45. The molecule has 3 aromatic rings. The minimum Gasteiger partial charge on any atom is -0.495 e. The van der Waals surface area contributed by atoms with Gasteiger partial charge in [-0.25, -0.2) is 17.5 Å². The van der Waals surface area contributed by atoms with Gasteiger partial charge in [-0.15, -0.1) is 0 Å². The van der Waals surface area contributed by atoms with Crippen molar-refractivity contribution in [3.63, 3.8) is 0 Å². The summed E-state index contributed by atoms with van der Waals surface area (Å²) in [6.07, 6.45) is 2.11. The van der Waals surface area contributed by atoms with Gasteiger partial charge in [0.05, 0.1) is 25.1 Å². The number of ketones is 1. The van der Waals surface area contributed by atoms with Crippen LogP contribution in [0.15, 0.2) is 53.5 Å². The molecule has 0 bridgehead atoms. The van der Waals surface area contributed by atoms with Crippen LogP contribution >= 0.6 is 11.6 Å². The van der Waals surface area contributed by atoms with E-state index in [2.05, 4.69) is 5.32 Å². The second-order valence-electron chi connectivity index (χ2n) is 8.93. The number of aromatic nitrogens is 1. The number of pyridine rings is 1. The first-order valence-electron chi connectivity index (χ1n) is 12.0. The number of nitrogens with zero attached hydrogens (tertiary/aromatic N) is 1. The van der Waals surface area contributed by atoms with E-state index in [0.29, 0.717) is 16.1 Å². The summed E-state index contributed by atoms with van der Waals surface area (Å²) >= 11 is 6.15. The molecule has 41 heavy (non-hydrogen) atoms. The lowest BCUT2D eigenvalue weighted by atomic mass is 9.97. The number of nitrogens with one attached hydrogen (secondary N) is 2. The third-order valence-corrected chi connectivity index (χ3v) is 6.70. The Morgan fingerprint density at radius 2 is 1.73 bits per heavy atom. The Bertz CT molecular complexity index is 1670. The second-order valence-corrected chi connectivity index (χ2v) is 11.1. The van der Waals surface area contributed by atoms with Crippen LogP contribution in [0.2, 0.25) is 5.02 Å². The van der Waals surface area contributed by atoms with Crippen molar-refractivity contribution in [1.82, 2.24) is 9.29 Å². The number of rotatable bonds is 11. The minimum atomic E-state index is -3.92. The predicted octanol–water partition coefficient (Wildman–Crippen LogP) is 3.42. The third-order valence-electron chi connectivity index (χ3n) is 5.91. The Labute approximate surface area is 240 Å². The first kappa shape index (κ1) is 31.5. The fourth-order valence-corrected chi connectivity index (χ4v) is 4.66. The van der Waals surface area contributed by atoms with Crippen molar-refractivity contribution in [2.75, 3.05) is 32.4 Å². The van der Waals surface area contributed by atoms with Gasteiger partial charge in [-0.05, 0) is 48.9 Å². The van der Waals surface area contributed by atoms with Gasteiger partial charge in [0.1, 0.15) is 17.6 Å². The van der Waals surface area contributed by atoms with Gasteiger partial charge in [0.25, 0.3) is 11.5 Å². The standard InChI is InChI=1S/C27H27ClFN3O8S/c1-15(33)18-7-5-16(28)11-20(18)21-13-25(34)32(14-24(21)40-3)23(9-10-39-2)27(36)30-17-6-8-19(22(29)12-17)26(35)31-41(4,37)38/h5-8,11-14,23H,9-10H2,1-4H3,(H,30,36)(H,31,35)/t23-/m0/s1. The largest absolute Gasteiger partial charge is 0.495 e. The zero-order valence-corrected chi connectivity index (χ0v) is 24.1. The second kappa shape index (κ2) is 13.1. The maximum atomic E-state index is 14.6. The van der Waals surface area contributed by atoms with E-state index in [4.69, 9.17) is 21.1 Å². The van der Waals surface area contributed by atoms with Crippen LogP contribution in [0.4, 0.5) is 10.1 Å². The number of Topliss-reactive ketones (excluding diaryl/α,β-unsaturated/α-hetero) is 1. The van der Waals surface area contributed by atoms with E-state index in [1.807, 2.05) is 0 Å². The molecule has 3 rings (SSSR count). The van der Waals surface area contributed by atoms with Crippen molar-refractivity contribution in [2.45, 2.75) is 19.4 Å². The summed E-state index contributed by atoms with van der Waals surface area (Å²) in [4.78, 5) is 50.9. The number of benzene rings is 2. The summed E-state index contributed by atoms with van der Waals surface area (Å²) in [5.41, 5.74) is -0.226. The number of hydrogen-bond acceptors (Lipinski definition) is 8. The average molecular weight is 608 g/mol. The number of carbonyl (C=O) groups excluding carboxylic acids is 3. The lowest BCUT2D eigenvalue weighted by Crippen LogP contribution is -2.34. The molecular weight excluding hydrogens is 581 g/mol. The topological polar surface area (TPSA) is 150 Å². The summed E-state index contributed by atoms with van der Waals surface area (Å²) < 4.78 is 50.6. The highest BCUT2D eigenvalue weighted by Crippen LogP contribution is 2.34. The fourth-order valence-electron chi connectivity index (χ4n) is 4.04. The number of carbonyl (C=O) groups is 3. The van der Waals surface area contributed by atoms with Crippen LogP contribution < -0.4 is 20.3 Å². The van der Waals surface area contributed by atoms with Crippen molar-refractivity contribution in [3.8, 4) is 16.9 Å². The van der Waals surface area contributed by atoms with Gasteiger partial charge in [0.15, 0.2) is 5.78 Å². The molecule has 0 fully saturated rings. The Kier molecular flexibility index (Phi) is 10.0. The molecular formula is C27H27ClFN3O8S. The maximum Gasteiger partial charge on any atom is 0.267 e. The number of sulfonamides is 1. The van der Waals surface area contributed by atoms with Crippen molar-refractivity contribution in [2.24, 2.45) is 0 Å². The van der Waals surface area contributed by atoms with Gasteiger partial charge in [-0.3, -0.25) is 23.7 Å². The third kappa shape index (κ3) is 7.78. The fraction of sp³-hybridized carbons (Fsp3) is 0.259. The highest BCUT2D eigenvalue weighted by molar-refractivity contribution is 7.89. The molecule has 0 unspecified atom stereocenters. The van der Waals surface area contributed by atoms with Crippen LogP contribution in [0.3, 0.4) is 0 Å². The summed E-state index contributed by atoms with van der Waals surface area (Å²) in [7, 11) is -1.14. The maximum absolute atomic E-state index is 14.6. The van der Waals surface area contributed by atoms with E-state index < -0.39 is 44.8 Å². The molecule has 0 aliphatic rings. The number of hydrogen-bond donors (Lipinski definition) is 2. The van der Waals surface area contributed by atoms with Crippen LogP contribution in [0.1, 0.15) is 40.1 Å². The molecule has 0 aliphatic carbocycles. The molecule has 11 nitrogen and oxygen atoms in total. The molecule has 0 radical (unpaired) electrons. The minimum absolute atomic E-state index is 0.0396. The predicted molar refractivity (Wildman–Crippen MR) is 151 cm³/mol. The zero-order valence-electron chi connectivity index (χ0n) is 22.5. The normalized spacial score (nSPS) is 12.0. The summed E-state index contributed by atoms with van der Waals surface area (Å²) in [5, 5.41) is 2.83. The highest BCUT2D eigenvalue weighted by Gasteiger charge is 2.25. The lowest BCUT2D eigenvalue weighted by Gasteiger charge is -2.21. The van der Waals surface area contributed by atoms with E-state index in [-0.39, 0.29) is 35.8 Å². The molecule has 2 amide bonds. The van der Waals surface area contributed by atoms with Gasteiger partial charge >= 0.3 is 0 Å². The van der Waals surface area contributed by atoms with Crippen LogP contribution in [0.25, 0.3) is 11.1 Å². The molecule has 2 N–H and O–H groups in total. The van der Waals surface area contributed by atoms with Crippen LogP contribution in [-0.2, 0) is 19.6 Å².